The summed E-state index contributed by atoms with van der Waals surface area (Å²) in [6.07, 6.45) is 1.97. The van der Waals surface area contributed by atoms with Gasteiger partial charge in [-0.3, -0.25) is 9.59 Å². The molecule has 110 valence electrons. The monoisotopic (exact) mass is 280 g/mol. The molecule has 0 aliphatic carbocycles. The van der Waals surface area contributed by atoms with E-state index in [-0.39, 0.29) is 29.8 Å². The van der Waals surface area contributed by atoms with Gasteiger partial charge in [0.2, 0.25) is 11.8 Å². The third-order valence-electron chi connectivity index (χ3n) is 4.43. The van der Waals surface area contributed by atoms with Crippen LogP contribution in [0.1, 0.15) is 19.3 Å². The van der Waals surface area contributed by atoms with E-state index in [1.54, 1.807) is 0 Å². The lowest BCUT2D eigenvalue weighted by Gasteiger charge is -2.37. The number of nitrogens with one attached hydrogen (secondary N) is 2. The van der Waals surface area contributed by atoms with Crippen LogP contribution in [0.4, 0.5) is 4.79 Å². The van der Waals surface area contributed by atoms with E-state index >= 15 is 0 Å². The van der Waals surface area contributed by atoms with Crippen molar-refractivity contribution in [2.45, 2.75) is 25.3 Å². The zero-order chi connectivity index (χ0) is 14.1. The van der Waals surface area contributed by atoms with Crippen molar-refractivity contribution in [3.05, 3.63) is 0 Å². The van der Waals surface area contributed by atoms with Crippen molar-refractivity contribution in [3.8, 4) is 0 Å². The van der Waals surface area contributed by atoms with Crippen LogP contribution in [0.25, 0.3) is 0 Å². The maximum Gasteiger partial charge on any atom is 0.317 e. The van der Waals surface area contributed by atoms with Gasteiger partial charge in [0.05, 0.1) is 5.92 Å². The maximum absolute atomic E-state index is 12.3. The Balaban J connectivity index is 1.52. The fourth-order valence-corrected chi connectivity index (χ4v) is 3.27. The first-order valence-electron chi connectivity index (χ1n) is 7.25. The van der Waals surface area contributed by atoms with E-state index < -0.39 is 0 Å². The molecule has 3 fully saturated rings. The van der Waals surface area contributed by atoms with E-state index in [2.05, 4.69) is 10.6 Å². The van der Waals surface area contributed by atoms with Gasteiger partial charge < -0.3 is 20.4 Å². The van der Waals surface area contributed by atoms with E-state index in [9.17, 15) is 14.4 Å². The van der Waals surface area contributed by atoms with E-state index in [1.165, 1.54) is 0 Å². The molecule has 3 rings (SSSR count). The molecule has 3 aliphatic heterocycles. The summed E-state index contributed by atoms with van der Waals surface area (Å²) in [5.41, 5.74) is 0. The van der Waals surface area contributed by atoms with Gasteiger partial charge in [-0.15, -0.1) is 0 Å². The number of piperidine rings is 1. The van der Waals surface area contributed by atoms with Crippen molar-refractivity contribution in [2.24, 2.45) is 5.92 Å². The highest BCUT2D eigenvalue weighted by Crippen LogP contribution is 2.21. The van der Waals surface area contributed by atoms with Crippen molar-refractivity contribution in [3.63, 3.8) is 0 Å². The average molecular weight is 280 g/mol. The van der Waals surface area contributed by atoms with Gasteiger partial charge in [-0.1, -0.05) is 0 Å². The summed E-state index contributed by atoms with van der Waals surface area (Å²) in [4.78, 5) is 38.8. The van der Waals surface area contributed by atoms with Crippen molar-refractivity contribution in [1.29, 1.82) is 0 Å². The van der Waals surface area contributed by atoms with Gasteiger partial charge >= 0.3 is 6.03 Å². The van der Waals surface area contributed by atoms with Gasteiger partial charge in [0.25, 0.3) is 0 Å². The van der Waals surface area contributed by atoms with E-state index in [0.29, 0.717) is 32.6 Å². The predicted octanol–water partition coefficient (Wildman–Crippen LogP) is -0.861. The largest absolute Gasteiger partial charge is 0.355 e. The van der Waals surface area contributed by atoms with E-state index in [4.69, 9.17) is 0 Å². The molecule has 3 saturated heterocycles. The lowest BCUT2D eigenvalue weighted by atomic mass is 10.0. The van der Waals surface area contributed by atoms with Gasteiger partial charge in [0.15, 0.2) is 0 Å². The number of hydrogen-bond donors (Lipinski definition) is 2. The Bertz CT molecular complexity index is 431. The SMILES string of the molecule is O=C1CC(C(=O)N2CCC(N3CCNC3=O)CC2)CN1. The van der Waals surface area contributed by atoms with Crippen LogP contribution < -0.4 is 10.6 Å². The van der Waals surface area contributed by atoms with Gasteiger partial charge in [-0.25, -0.2) is 4.79 Å². The summed E-state index contributed by atoms with van der Waals surface area (Å²) in [6.45, 7) is 3.30. The minimum absolute atomic E-state index is 0.0142. The molecule has 1 atom stereocenters. The summed E-state index contributed by atoms with van der Waals surface area (Å²) >= 11 is 0. The highest BCUT2D eigenvalue weighted by molar-refractivity contribution is 5.89. The van der Waals surface area contributed by atoms with Gasteiger partial charge in [-0.05, 0) is 12.8 Å². The highest BCUT2D eigenvalue weighted by atomic mass is 16.2. The molecular formula is C13H20N4O3. The molecule has 0 radical (unpaired) electrons. The van der Waals surface area contributed by atoms with Crippen LogP contribution in [0, 0.1) is 5.92 Å². The highest BCUT2D eigenvalue weighted by Gasteiger charge is 2.35. The molecule has 3 heterocycles. The first-order chi connectivity index (χ1) is 9.65. The number of urea groups is 1. The second kappa shape index (κ2) is 5.30. The van der Waals surface area contributed by atoms with Crippen molar-refractivity contribution < 1.29 is 14.4 Å². The topological polar surface area (TPSA) is 81.8 Å². The summed E-state index contributed by atoms with van der Waals surface area (Å²) in [7, 11) is 0. The predicted molar refractivity (Wildman–Crippen MR) is 70.8 cm³/mol. The smallest absolute Gasteiger partial charge is 0.317 e. The van der Waals surface area contributed by atoms with Gasteiger partial charge in [0, 0.05) is 45.2 Å². The minimum atomic E-state index is -0.200. The van der Waals surface area contributed by atoms with Crippen molar-refractivity contribution >= 4 is 17.8 Å². The number of carbonyl (C=O) groups is 3. The normalized spacial score (nSPS) is 27.7. The molecule has 0 aromatic heterocycles. The second-order valence-corrected chi connectivity index (χ2v) is 5.69. The first kappa shape index (κ1) is 13.2. The molecule has 0 aromatic rings. The number of carbonyl (C=O) groups excluding carboxylic acids is 3. The molecule has 3 aliphatic rings. The van der Waals surface area contributed by atoms with Crippen LogP contribution in [-0.4, -0.2) is 66.4 Å². The zero-order valence-corrected chi connectivity index (χ0v) is 11.4. The Morgan fingerprint density at radius 3 is 2.40 bits per heavy atom. The molecule has 2 N–H and O–H groups in total. The van der Waals surface area contributed by atoms with E-state index in [1.807, 2.05) is 9.80 Å². The molecule has 0 spiro atoms. The standard InChI is InChI=1S/C13H20N4O3/c18-11-7-9(8-15-11)12(19)16-4-1-10(2-5-16)17-6-3-14-13(17)20/h9-10H,1-8H2,(H,14,20)(H,15,18). The van der Waals surface area contributed by atoms with Gasteiger partial charge in [-0.2, -0.15) is 0 Å². The van der Waals surface area contributed by atoms with Crippen LogP contribution in [-0.2, 0) is 9.59 Å². The number of nitrogens with zero attached hydrogens (tertiary/aromatic N) is 2. The van der Waals surface area contributed by atoms with E-state index in [0.717, 1.165) is 19.4 Å². The molecule has 20 heavy (non-hydrogen) atoms. The number of likely N-dealkylation sites (tertiary alicyclic amines) is 1. The van der Waals surface area contributed by atoms with Crippen LogP contribution in [0.5, 0.6) is 0 Å². The first-order valence-corrected chi connectivity index (χ1v) is 7.25. The van der Waals surface area contributed by atoms with Crippen LogP contribution in [0.15, 0.2) is 0 Å². The average Bonchev–Trinajstić information content (AvgIpc) is 3.07. The molecule has 1 unspecified atom stereocenters. The molecular weight excluding hydrogens is 260 g/mol. The Hall–Kier alpha value is -1.79. The third kappa shape index (κ3) is 2.44. The Labute approximate surface area is 117 Å². The fraction of sp³-hybridized carbons (Fsp3) is 0.769. The van der Waals surface area contributed by atoms with Crippen LogP contribution in [0.2, 0.25) is 0 Å². The molecule has 0 bridgehead atoms. The second-order valence-electron chi connectivity index (χ2n) is 5.69. The van der Waals surface area contributed by atoms with Crippen molar-refractivity contribution in [2.75, 3.05) is 32.7 Å². The molecule has 7 heteroatoms. The van der Waals surface area contributed by atoms with Crippen LogP contribution >= 0.6 is 0 Å². The number of amides is 4. The Morgan fingerprint density at radius 2 is 1.85 bits per heavy atom. The third-order valence-corrected chi connectivity index (χ3v) is 4.43. The maximum atomic E-state index is 12.3. The molecule has 0 aromatic carbocycles. The number of hydrogen-bond acceptors (Lipinski definition) is 3. The lowest BCUT2D eigenvalue weighted by molar-refractivity contribution is -0.137. The lowest BCUT2D eigenvalue weighted by Crippen LogP contribution is -2.49. The summed E-state index contributed by atoms with van der Waals surface area (Å²) in [5.74, 6) is -0.159. The number of rotatable bonds is 2. The van der Waals surface area contributed by atoms with Crippen molar-refractivity contribution in [1.82, 2.24) is 20.4 Å². The zero-order valence-electron chi connectivity index (χ0n) is 11.4. The quantitative estimate of drug-likeness (QED) is 0.690. The molecule has 4 amide bonds. The minimum Gasteiger partial charge on any atom is -0.355 e. The molecule has 0 saturated carbocycles. The fourth-order valence-electron chi connectivity index (χ4n) is 3.27. The Morgan fingerprint density at radius 1 is 1.10 bits per heavy atom. The van der Waals surface area contributed by atoms with Gasteiger partial charge in [0.1, 0.15) is 0 Å². The summed E-state index contributed by atoms with van der Waals surface area (Å²) < 4.78 is 0. The van der Waals surface area contributed by atoms with Crippen LogP contribution in [0.3, 0.4) is 0 Å². The molecule has 7 nitrogen and oxygen atoms in total. The Kier molecular flexibility index (Phi) is 3.50. The summed E-state index contributed by atoms with van der Waals surface area (Å²) in [6, 6.07) is 0.255. The summed E-state index contributed by atoms with van der Waals surface area (Å²) in [5, 5.41) is 5.51.